The normalized spacial score (nSPS) is 19.2. The van der Waals surface area contributed by atoms with Crippen LogP contribution in [0.2, 0.25) is 0 Å². The van der Waals surface area contributed by atoms with E-state index in [0.717, 1.165) is 48.7 Å². The Balaban J connectivity index is 1.26. The third-order valence-electron chi connectivity index (χ3n) is 5.65. The van der Waals surface area contributed by atoms with Crippen molar-refractivity contribution in [2.75, 3.05) is 12.9 Å². The van der Waals surface area contributed by atoms with Crippen LogP contribution in [0.3, 0.4) is 0 Å². The van der Waals surface area contributed by atoms with Crippen molar-refractivity contribution in [1.29, 1.82) is 0 Å². The molecule has 0 N–H and O–H groups in total. The second kappa shape index (κ2) is 9.60. The van der Waals surface area contributed by atoms with Crippen LogP contribution in [0.1, 0.15) is 63.1 Å². The van der Waals surface area contributed by atoms with E-state index in [1.807, 2.05) is 0 Å². The van der Waals surface area contributed by atoms with Crippen LogP contribution in [0.15, 0.2) is 46.1 Å². The van der Waals surface area contributed by atoms with Crippen LogP contribution in [0.5, 0.6) is 5.88 Å². The van der Waals surface area contributed by atoms with E-state index in [-0.39, 0.29) is 0 Å². The highest BCUT2D eigenvalue weighted by molar-refractivity contribution is 7.98. The van der Waals surface area contributed by atoms with Crippen molar-refractivity contribution in [3.05, 3.63) is 48.4 Å². The molecule has 3 aromatic rings. The molecule has 0 amide bonds. The average Bonchev–Trinajstić information content (AvgIpc) is 3.29. The summed E-state index contributed by atoms with van der Waals surface area (Å²) in [7, 11) is 0. The summed E-state index contributed by atoms with van der Waals surface area (Å²) in [5.41, 5.74) is 1.92. The number of nitrogens with zero attached hydrogens (tertiary/aromatic N) is 4. The fourth-order valence-corrected chi connectivity index (χ4v) is 4.14. The molecule has 7 heteroatoms. The molecule has 30 heavy (non-hydrogen) atoms. The van der Waals surface area contributed by atoms with Crippen molar-refractivity contribution in [3.8, 4) is 17.1 Å². The fraction of sp³-hybridized carbons (Fsp3) is 0.478. The Bertz CT molecular complexity index is 933. The summed E-state index contributed by atoms with van der Waals surface area (Å²) in [4.78, 5) is 14.8. The molecule has 1 fully saturated rings. The van der Waals surface area contributed by atoms with Gasteiger partial charge in [-0.1, -0.05) is 31.1 Å². The quantitative estimate of drug-likeness (QED) is 0.449. The number of benzene rings is 1. The maximum absolute atomic E-state index is 5.92. The molecule has 1 aromatic carbocycles. The van der Waals surface area contributed by atoms with Gasteiger partial charge in [-0.25, -0.2) is 9.97 Å². The second-order valence-corrected chi connectivity index (χ2v) is 9.02. The maximum Gasteiger partial charge on any atom is 0.232 e. The van der Waals surface area contributed by atoms with E-state index in [0.29, 0.717) is 30.2 Å². The van der Waals surface area contributed by atoms with Gasteiger partial charge in [0.2, 0.25) is 11.8 Å². The van der Waals surface area contributed by atoms with E-state index >= 15 is 0 Å². The Hall–Kier alpha value is -2.41. The van der Waals surface area contributed by atoms with E-state index < -0.39 is 0 Å². The van der Waals surface area contributed by atoms with E-state index in [4.69, 9.17) is 9.26 Å². The lowest BCUT2D eigenvalue weighted by Gasteiger charge is -2.26. The predicted octanol–water partition coefficient (Wildman–Crippen LogP) is 5.72. The molecule has 0 spiro atoms. The third-order valence-corrected chi connectivity index (χ3v) is 6.39. The Morgan fingerprint density at radius 1 is 1.07 bits per heavy atom. The molecule has 0 bridgehead atoms. The Labute approximate surface area is 181 Å². The molecule has 1 aliphatic rings. The highest BCUT2D eigenvalue weighted by Crippen LogP contribution is 2.35. The Morgan fingerprint density at radius 2 is 1.83 bits per heavy atom. The minimum atomic E-state index is 0.300. The van der Waals surface area contributed by atoms with E-state index in [2.05, 4.69) is 64.5 Å². The van der Waals surface area contributed by atoms with Gasteiger partial charge in [0.05, 0.1) is 24.7 Å². The van der Waals surface area contributed by atoms with Crippen molar-refractivity contribution in [2.24, 2.45) is 5.92 Å². The molecular weight excluding hydrogens is 396 g/mol. The maximum atomic E-state index is 5.92. The zero-order valence-electron chi connectivity index (χ0n) is 17.7. The monoisotopic (exact) mass is 424 g/mol. The summed E-state index contributed by atoms with van der Waals surface area (Å²) >= 11 is 1.73. The first-order valence-electron chi connectivity index (χ1n) is 10.5. The summed E-state index contributed by atoms with van der Waals surface area (Å²) in [6.45, 7) is 4.84. The summed E-state index contributed by atoms with van der Waals surface area (Å²) in [5.74, 6) is 3.38. The number of rotatable bonds is 7. The van der Waals surface area contributed by atoms with Crippen molar-refractivity contribution >= 4 is 11.8 Å². The molecule has 2 heterocycles. The van der Waals surface area contributed by atoms with Crippen LogP contribution in [0.25, 0.3) is 11.3 Å². The van der Waals surface area contributed by atoms with Crippen molar-refractivity contribution in [1.82, 2.24) is 20.1 Å². The molecule has 1 saturated carbocycles. The highest BCUT2D eigenvalue weighted by Gasteiger charge is 2.27. The van der Waals surface area contributed by atoms with Crippen molar-refractivity contribution in [3.63, 3.8) is 0 Å². The summed E-state index contributed by atoms with van der Waals surface area (Å²) in [5, 5.41) is 4.10. The highest BCUT2D eigenvalue weighted by atomic mass is 32.2. The zero-order chi connectivity index (χ0) is 20.9. The van der Waals surface area contributed by atoms with Gasteiger partial charge in [0.15, 0.2) is 5.82 Å². The van der Waals surface area contributed by atoms with Crippen LogP contribution < -0.4 is 4.74 Å². The molecule has 0 saturated heterocycles. The molecule has 158 valence electrons. The number of aromatic nitrogens is 4. The molecule has 0 atom stereocenters. The topological polar surface area (TPSA) is 73.9 Å². The van der Waals surface area contributed by atoms with E-state index in [1.165, 1.54) is 4.90 Å². The van der Waals surface area contributed by atoms with Gasteiger partial charge < -0.3 is 9.26 Å². The van der Waals surface area contributed by atoms with Gasteiger partial charge in [0.1, 0.15) is 0 Å². The molecule has 0 radical (unpaired) electrons. The zero-order valence-corrected chi connectivity index (χ0v) is 18.6. The van der Waals surface area contributed by atoms with Gasteiger partial charge >= 0.3 is 0 Å². The van der Waals surface area contributed by atoms with Crippen LogP contribution in [-0.4, -0.2) is 33.0 Å². The van der Waals surface area contributed by atoms with Gasteiger partial charge in [0, 0.05) is 22.3 Å². The summed E-state index contributed by atoms with van der Waals surface area (Å²) in [6, 6.07) is 8.34. The molecule has 6 nitrogen and oxygen atoms in total. The molecular formula is C23H28N4O2S. The minimum absolute atomic E-state index is 0.300. The smallest absolute Gasteiger partial charge is 0.232 e. The average molecular weight is 425 g/mol. The molecule has 1 aliphatic carbocycles. The van der Waals surface area contributed by atoms with Gasteiger partial charge in [-0.2, -0.15) is 4.98 Å². The third kappa shape index (κ3) is 5.01. The van der Waals surface area contributed by atoms with Crippen molar-refractivity contribution < 1.29 is 9.26 Å². The fourth-order valence-electron chi connectivity index (χ4n) is 3.73. The number of thioether (sulfide) groups is 1. The number of ether oxygens (including phenoxy) is 1. The standard InChI is InChI=1S/C23H28N4O2S/c1-15(2)22-26-23(29-27-22)18-6-4-16(5-7-18)14-28-21-13-24-20(12-25-21)17-8-10-19(30-3)11-9-17/h8-13,15-16,18H,4-7,14H2,1-3H3. The molecule has 0 unspecified atom stereocenters. The first-order chi connectivity index (χ1) is 14.6. The van der Waals surface area contributed by atoms with Crippen LogP contribution in [0, 0.1) is 5.92 Å². The molecule has 2 aromatic heterocycles. The minimum Gasteiger partial charge on any atom is -0.476 e. The second-order valence-electron chi connectivity index (χ2n) is 8.14. The lowest BCUT2D eigenvalue weighted by atomic mass is 9.82. The van der Waals surface area contributed by atoms with Crippen molar-refractivity contribution in [2.45, 2.75) is 56.3 Å². The van der Waals surface area contributed by atoms with Gasteiger partial charge in [0.25, 0.3) is 0 Å². The summed E-state index contributed by atoms with van der Waals surface area (Å²) in [6.07, 6.45) is 9.88. The van der Waals surface area contributed by atoms with E-state index in [1.54, 1.807) is 24.2 Å². The van der Waals surface area contributed by atoms with Crippen LogP contribution in [0.4, 0.5) is 0 Å². The largest absolute Gasteiger partial charge is 0.476 e. The molecule has 0 aliphatic heterocycles. The van der Waals surface area contributed by atoms with Gasteiger partial charge in [-0.3, -0.25) is 0 Å². The lowest BCUT2D eigenvalue weighted by Crippen LogP contribution is -2.19. The Kier molecular flexibility index (Phi) is 6.67. The predicted molar refractivity (Wildman–Crippen MR) is 118 cm³/mol. The van der Waals surface area contributed by atoms with E-state index in [9.17, 15) is 0 Å². The van der Waals surface area contributed by atoms with Gasteiger partial charge in [-0.05, 0) is 50.0 Å². The number of hydrogen-bond acceptors (Lipinski definition) is 7. The van der Waals surface area contributed by atoms with Crippen LogP contribution >= 0.6 is 11.8 Å². The van der Waals surface area contributed by atoms with Crippen LogP contribution in [-0.2, 0) is 0 Å². The van der Waals surface area contributed by atoms with Gasteiger partial charge in [-0.15, -0.1) is 11.8 Å². The lowest BCUT2D eigenvalue weighted by molar-refractivity contribution is 0.184. The number of hydrogen-bond donors (Lipinski definition) is 0. The first-order valence-corrected chi connectivity index (χ1v) is 11.8. The SMILES string of the molecule is CSc1ccc(-c2cnc(OCC3CCC(c4nc(C(C)C)no4)CC3)cn2)cc1. The Morgan fingerprint density at radius 3 is 2.43 bits per heavy atom. The first kappa shape index (κ1) is 20.8. The summed E-state index contributed by atoms with van der Waals surface area (Å²) < 4.78 is 11.4. The molecule has 4 rings (SSSR count).